The van der Waals surface area contributed by atoms with Crippen molar-refractivity contribution in [2.24, 2.45) is 0 Å². The minimum atomic E-state index is -0.419. The fourth-order valence-corrected chi connectivity index (χ4v) is 2.76. The van der Waals surface area contributed by atoms with E-state index in [9.17, 15) is 5.11 Å². The Labute approximate surface area is 118 Å². The highest BCUT2D eigenvalue weighted by Crippen LogP contribution is 2.25. The highest BCUT2D eigenvalue weighted by atomic mass is 16.5. The van der Waals surface area contributed by atoms with Gasteiger partial charge in [-0.3, -0.25) is 10.00 Å². The van der Waals surface area contributed by atoms with E-state index in [1.807, 2.05) is 13.0 Å². The molecule has 0 aliphatic carbocycles. The topological polar surface area (TPSA) is 61.4 Å². The summed E-state index contributed by atoms with van der Waals surface area (Å²) in [5.41, 5.74) is 3.13. The largest absolute Gasteiger partial charge is 0.388 e. The number of aliphatic hydroxyl groups excluding tert-OH is 1. The molecule has 1 aliphatic heterocycles. The second kappa shape index (κ2) is 5.91. The van der Waals surface area contributed by atoms with Crippen molar-refractivity contribution in [3.8, 4) is 0 Å². The molecule has 108 valence electrons. The van der Waals surface area contributed by atoms with E-state index in [-0.39, 0.29) is 0 Å². The second-order valence-electron chi connectivity index (χ2n) is 5.42. The molecule has 0 spiro atoms. The second-order valence-corrected chi connectivity index (χ2v) is 5.42. The van der Waals surface area contributed by atoms with Gasteiger partial charge in [0.1, 0.15) is 0 Å². The zero-order valence-electron chi connectivity index (χ0n) is 11.8. The van der Waals surface area contributed by atoms with Crippen LogP contribution in [0.5, 0.6) is 0 Å². The van der Waals surface area contributed by atoms with Crippen LogP contribution in [-0.4, -0.2) is 53.1 Å². The van der Waals surface area contributed by atoms with Crippen LogP contribution in [0.15, 0.2) is 18.3 Å². The molecule has 0 radical (unpaired) electrons. The van der Waals surface area contributed by atoms with Crippen molar-refractivity contribution in [1.82, 2.24) is 15.1 Å². The minimum absolute atomic E-state index is 0.419. The molecule has 1 atom stereocenters. The Kier molecular flexibility index (Phi) is 4.00. The van der Waals surface area contributed by atoms with Crippen LogP contribution < -0.4 is 0 Å². The summed E-state index contributed by atoms with van der Waals surface area (Å²) in [6, 6.07) is 4.09. The van der Waals surface area contributed by atoms with Crippen LogP contribution in [0.25, 0.3) is 10.9 Å². The standard InChI is InChI=1S/C15H21N3O2/c1-11-8-14-12(10-16-17-14)9-13(11)15(19)2-3-18-4-6-20-7-5-18/h8-10,15,19H,2-7H2,1H3,(H,16,17). The fourth-order valence-electron chi connectivity index (χ4n) is 2.76. The van der Waals surface area contributed by atoms with E-state index in [1.54, 1.807) is 6.20 Å². The fraction of sp³-hybridized carbons (Fsp3) is 0.533. The van der Waals surface area contributed by atoms with Gasteiger partial charge in [-0.1, -0.05) is 0 Å². The zero-order chi connectivity index (χ0) is 13.9. The lowest BCUT2D eigenvalue weighted by molar-refractivity contribution is 0.0300. The number of aliphatic hydroxyl groups is 1. The summed E-state index contributed by atoms with van der Waals surface area (Å²) in [6.07, 6.45) is 2.13. The molecule has 1 aromatic carbocycles. The van der Waals surface area contributed by atoms with Crippen LogP contribution >= 0.6 is 0 Å². The Hall–Kier alpha value is -1.43. The molecule has 0 amide bonds. The predicted molar refractivity (Wildman–Crippen MR) is 77.7 cm³/mol. The number of aromatic nitrogens is 2. The molecule has 0 bridgehead atoms. The molecule has 2 N–H and O–H groups in total. The molecule has 5 nitrogen and oxygen atoms in total. The quantitative estimate of drug-likeness (QED) is 0.890. The first-order valence-corrected chi connectivity index (χ1v) is 7.16. The Balaban J connectivity index is 1.67. The van der Waals surface area contributed by atoms with Crippen molar-refractivity contribution >= 4 is 10.9 Å². The highest BCUT2D eigenvalue weighted by molar-refractivity contribution is 5.79. The zero-order valence-corrected chi connectivity index (χ0v) is 11.8. The molecule has 1 aliphatic rings. The molecule has 2 heterocycles. The number of ether oxygens (including phenoxy) is 1. The highest BCUT2D eigenvalue weighted by Gasteiger charge is 2.15. The van der Waals surface area contributed by atoms with Gasteiger partial charge in [-0.15, -0.1) is 0 Å². The molecule has 1 unspecified atom stereocenters. The maximum Gasteiger partial charge on any atom is 0.0805 e. The molecule has 5 heteroatoms. The van der Waals surface area contributed by atoms with Crippen molar-refractivity contribution < 1.29 is 9.84 Å². The summed E-state index contributed by atoms with van der Waals surface area (Å²) in [7, 11) is 0. The monoisotopic (exact) mass is 275 g/mol. The van der Waals surface area contributed by atoms with Crippen LogP contribution in [0.3, 0.4) is 0 Å². The van der Waals surface area contributed by atoms with Gasteiger partial charge in [0.25, 0.3) is 0 Å². The maximum atomic E-state index is 10.4. The Morgan fingerprint density at radius 3 is 3.00 bits per heavy atom. The van der Waals surface area contributed by atoms with E-state index in [0.29, 0.717) is 0 Å². The predicted octanol–water partition coefficient (Wildman–Crippen LogP) is 1.63. The normalized spacial score (nSPS) is 18.5. The van der Waals surface area contributed by atoms with Crippen LogP contribution in [0.1, 0.15) is 23.7 Å². The van der Waals surface area contributed by atoms with E-state index in [1.165, 1.54) is 0 Å². The number of hydrogen-bond donors (Lipinski definition) is 2. The molecule has 0 saturated carbocycles. The Bertz CT molecular complexity index is 576. The number of nitrogens with zero attached hydrogens (tertiary/aromatic N) is 2. The van der Waals surface area contributed by atoms with Crippen molar-refractivity contribution in [2.45, 2.75) is 19.4 Å². The van der Waals surface area contributed by atoms with Crippen molar-refractivity contribution in [1.29, 1.82) is 0 Å². The van der Waals surface area contributed by atoms with Gasteiger partial charge in [-0.05, 0) is 36.6 Å². The first kappa shape index (κ1) is 13.5. The van der Waals surface area contributed by atoms with Gasteiger partial charge in [0.15, 0.2) is 0 Å². The molecule has 1 saturated heterocycles. The third kappa shape index (κ3) is 2.85. The lowest BCUT2D eigenvalue weighted by Crippen LogP contribution is -2.37. The molecule has 2 aromatic rings. The number of hydrogen-bond acceptors (Lipinski definition) is 4. The summed E-state index contributed by atoms with van der Waals surface area (Å²) < 4.78 is 5.34. The van der Waals surface area contributed by atoms with E-state index in [2.05, 4.69) is 21.2 Å². The molecular formula is C15H21N3O2. The van der Waals surface area contributed by atoms with Gasteiger partial charge in [0.2, 0.25) is 0 Å². The summed E-state index contributed by atoms with van der Waals surface area (Å²) in [4.78, 5) is 2.35. The number of H-pyrrole nitrogens is 1. The summed E-state index contributed by atoms with van der Waals surface area (Å²) >= 11 is 0. The maximum absolute atomic E-state index is 10.4. The molecule has 3 rings (SSSR count). The number of fused-ring (bicyclic) bond motifs is 1. The third-order valence-electron chi connectivity index (χ3n) is 4.01. The van der Waals surface area contributed by atoms with Gasteiger partial charge in [0, 0.05) is 25.0 Å². The van der Waals surface area contributed by atoms with Crippen molar-refractivity contribution in [2.75, 3.05) is 32.8 Å². The smallest absolute Gasteiger partial charge is 0.0805 e. The molecule has 1 aromatic heterocycles. The van der Waals surface area contributed by atoms with Gasteiger partial charge < -0.3 is 9.84 Å². The van der Waals surface area contributed by atoms with E-state index in [0.717, 1.165) is 61.3 Å². The van der Waals surface area contributed by atoms with Gasteiger partial charge >= 0.3 is 0 Å². The number of rotatable bonds is 4. The molecule has 20 heavy (non-hydrogen) atoms. The Morgan fingerprint density at radius 2 is 2.20 bits per heavy atom. The van der Waals surface area contributed by atoms with Gasteiger partial charge in [-0.25, -0.2) is 0 Å². The van der Waals surface area contributed by atoms with Gasteiger partial charge in [-0.2, -0.15) is 5.10 Å². The number of morpholine rings is 1. The summed E-state index contributed by atoms with van der Waals surface area (Å²) in [5.74, 6) is 0. The van der Waals surface area contributed by atoms with Crippen molar-refractivity contribution in [3.63, 3.8) is 0 Å². The summed E-state index contributed by atoms with van der Waals surface area (Å²) in [5, 5.41) is 18.5. The lowest BCUT2D eigenvalue weighted by atomic mass is 9.99. The first-order chi connectivity index (χ1) is 9.74. The summed E-state index contributed by atoms with van der Waals surface area (Å²) in [6.45, 7) is 6.48. The minimum Gasteiger partial charge on any atom is -0.388 e. The van der Waals surface area contributed by atoms with E-state index < -0.39 is 6.10 Å². The average Bonchev–Trinajstić information content (AvgIpc) is 2.92. The van der Waals surface area contributed by atoms with Gasteiger partial charge in [0.05, 0.1) is 31.0 Å². The molecule has 1 fully saturated rings. The number of aromatic amines is 1. The first-order valence-electron chi connectivity index (χ1n) is 7.16. The SMILES string of the molecule is Cc1cc2[nH]ncc2cc1C(O)CCN1CCOCC1. The van der Waals surface area contributed by atoms with E-state index in [4.69, 9.17) is 4.74 Å². The van der Waals surface area contributed by atoms with Crippen LogP contribution in [0.4, 0.5) is 0 Å². The number of aryl methyl sites for hydroxylation is 1. The van der Waals surface area contributed by atoms with Crippen LogP contribution in [0.2, 0.25) is 0 Å². The number of nitrogens with one attached hydrogen (secondary N) is 1. The molecular weight excluding hydrogens is 254 g/mol. The van der Waals surface area contributed by atoms with E-state index >= 15 is 0 Å². The lowest BCUT2D eigenvalue weighted by Gasteiger charge is -2.27. The Morgan fingerprint density at radius 1 is 1.40 bits per heavy atom. The average molecular weight is 275 g/mol. The third-order valence-corrected chi connectivity index (χ3v) is 4.01. The van der Waals surface area contributed by atoms with Crippen molar-refractivity contribution in [3.05, 3.63) is 29.5 Å². The number of benzene rings is 1. The van der Waals surface area contributed by atoms with Crippen LogP contribution in [0, 0.1) is 6.92 Å². The van der Waals surface area contributed by atoms with Crippen LogP contribution in [-0.2, 0) is 4.74 Å².